The van der Waals surface area contributed by atoms with Crippen molar-refractivity contribution < 1.29 is 0 Å². The molecule has 2 aliphatic carbocycles. The van der Waals surface area contributed by atoms with Gasteiger partial charge < -0.3 is 4.90 Å². The summed E-state index contributed by atoms with van der Waals surface area (Å²) in [6, 6.07) is 60.6. The molecule has 0 amide bonds. The predicted molar refractivity (Wildman–Crippen MR) is 182 cm³/mol. The fourth-order valence-corrected chi connectivity index (χ4v) is 8.36. The van der Waals surface area contributed by atoms with Crippen molar-refractivity contribution >= 4 is 17.1 Å². The van der Waals surface area contributed by atoms with Crippen LogP contribution in [0.1, 0.15) is 22.3 Å². The molecule has 1 nitrogen and oxygen atoms in total. The highest BCUT2D eigenvalue weighted by atomic mass is 15.1. The molecule has 0 unspecified atom stereocenters. The SMILES string of the molecule is c1ccc(-c2ccc(N3c4ccccc4-c4cccc5c4-c4c3cccc4C53c4ccccc4-c4ccccc43)cc2)cc1. The van der Waals surface area contributed by atoms with Gasteiger partial charge in [0.25, 0.3) is 0 Å². The highest BCUT2D eigenvalue weighted by molar-refractivity contribution is 6.09. The number of benzene rings is 7. The van der Waals surface area contributed by atoms with Crippen LogP contribution in [0.3, 0.4) is 0 Å². The van der Waals surface area contributed by atoms with Crippen LogP contribution < -0.4 is 4.90 Å². The first-order valence-corrected chi connectivity index (χ1v) is 15.4. The average molecular weight is 558 g/mol. The summed E-state index contributed by atoms with van der Waals surface area (Å²) < 4.78 is 0. The standard InChI is InChI=1S/C43H27N/c1-2-12-28(13-3-1)29-24-26-30(27-25-29)44-39-22-9-6-16-33(39)34-17-10-20-37-41(34)42-38(21-11-23-40(42)44)43(37)35-18-7-4-14-31(35)32-15-5-8-19-36(32)43/h1-27H. The summed E-state index contributed by atoms with van der Waals surface area (Å²) in [4.78, 5) is 2.48. The molecule has 1 spiro atoms. The molecule has 0 N–H and O–H groups in total. The summed E-state index contributed by atoms with van der Waals surface area (Å²) in [7, 11) is 0. The lowest BCUT2D eigenvalue weighted by atomic mass is 9.70. The molecule has 204 valence electrons. The van der Waals surface area contributed by atoms with Gasteiger partial charge in [-0.05, 0) is 79.9 Å². The molecule has 1 heterocycles. The van der Waals surface area contributed by atoms with E-state index in [1.54, 1.807) is 0 Å². The van der Waals surface area contributed by atoms with Crippen molar-refractivity contribution in [3.05, 3.63) is 186 Å². The highest BCUT2D eigenvalue weighted by Gasteiger charge is 2.53. The first-order chi connectivity index (χ1) is 21.9. The summed E-state index contributed by atoms with van der Waals surface area (Å²) in [5.74, 6) is 0. The molecule has 0 atom stereocenters. The lowest BCUT2D eigenvalue weighted by molar-refractivity contribution is 0.794. The van der Waals surface area contributed by atoms with Gasteiger partial charge in [-0.1, -0.05) is 140 Å². The van der Waals surface area contributed by atoms with Gasteiger partial charge in [-0.15, -0.1) is 0 Å². The molecule has 0 bridgehead atoms. The minimum atomic E-state index is -0.362. The quantitative estimate of drug-likeness (QED) is 0.204. The number of rotatable bonds is 2. The van der Waals surface area contributed by atoms with Crippen molar-refractivity contribution in [2.75, 3.05) is 4.90 Å². The van der Waals surface area contributed by atoms with Crippen LogP contribution in [0.2, 0.25) is 0 Å². The van der Waals surface area contributed by atoms with Crippen molar-refractivity contribution in [1.29, 1.82) is 0 Å². The van der Waals surface area contributed by atoms with Crippen LogP contribution >= 0.6 is 0 Å². The van der Waals surface area contributed by atoms with E-state index in [1.165, 1.54) is 78.1 Å². The van der Waals surface area contributed by atoms with E-state index in [4.69, 9.17) is 0 Å². The second-order valence-electron chi connectivity index (χ2n) is 12.0. The third-order valence-electron chi connectivity index (χ3n) is 10.0. The lowest BCUT2D eigenvalue weighted by Gasteiger charge is -2.32. The van der Waals surface area contributed by atoms with Gasteiger partial charge in [0, 0.05) is 16.8 Å². The summed E-state index contributed by atoms with van der Waals surface area (Å²) in [5.41, 5.74) is 19.1. The van der Waals surface area contributed by atoms with E-state index in [1.807, 2.05) is 0 Å². The molecule has 0 saturated carbocycles. The molecule has 44 heavy (non-hydrogen) atoms. The molecule has 0 radical (unpaired) electrons. The third-order valence-corrected chi connectivity index (χ3v) is 10.0. The van der Waals surface area contributed by atoms with E-state index in [-0.39, 0.29) is 5.41 Å². The fraction of sp³-hybridized carbons (Fsp3) is 0.0233. The van der Waals surface area contributed by atoms with E-state index < -0.39 is 0 Å². The molecule has 0 aromatic heterocycles. The first-order valence-electron chi connectivity index (χ1n) is 15.4. The molecular formula is C43H27N. The zero-order chi connectivity index (χ0) is 28.8. The fourth-order valence-electron chi connectivity index (χ4n) is 8.36. The van der Waals surface area contributed by atoms with Crippen molar-refractivity contribution in [2.45, 2.75) is 5.41 Å². The minimum Gasteiger partial charge on any atom is -0.309 e. The molecule has 7 aromatic carbocycles. The third kappa shape index (κ3) is 2.89. The Labute approximate surface area is 257 Å². The van der Waals surface area contributed by atoms with Gasteiger partial charge in [0.1, 0.15) is 0 Å². The Morgan fingerprint density at radius 3 is 1.55 bits per heavy atom. The van der Waals surface area contributed by atoms with Gasteiger partial charge >= 0.3 is 0 Å². The molecule has 0 fully saturated rings. The molecule has 7 aromatic rings. The molecule has 1 heteroatoms. The van der Waals surface area contributed by atoms with E-state index in [2.05, 4.69) is 169 Å². The maximum Gasteiger partial charge on any atom is 0.0726 e. The Morgan fingerprint density at radius 2 is 0.818 bits per heavy atom. The minimum absolute atomic E-state index is 0.362. The van der Waals surface area contributed by atoms with Gasteiger partial charge in [-0.25, -0.2) is 0 Å². The summed E-state index contributed by atoms with van der Waals surface area (Å²) in [6.45, 7) is 0. The van der Waals surface area contributed by atoms with Crippen LogP contribution in [0.15, 0.2) is 164 Å². The molecule has 1 aliphatic heterocycles. The predicted octanol–water partition coefficient (Wildman–Crippen LogP) is 11.1. The Bertz CT molecular complexity index is 2230. The summed E-state index contributed by atoms with van der Waals surface area (Å²) in [5, 5.41) is 0. The van der Waals surface area contributed by atoms with Crippen LogP contribution in [0, 0.1) is 0 Å². The molecule has 3 aliphatic rings. The number of fused-ring (bicyclic) bond motifs is 9. The maximum absolute atomic E-state index is 2.48. The van der Waals surface area contributed by atoms with Crippen LogP contribution in [0.5, 0.6) is 0 Å². The average Bonchev–Trinajstić information content (AvgIpc) is 3.52. The van der Waals surface area contributed by atoms with Gasteiger partial charge in [-0.2, -0.15) is 0 Å². The largest absolute Gasteiger partial charge is 0.309 e. The molecular weight excluding hydrogens is 530 g/mol. The van der Waals surface area contributed by atoms with Crippen molar-refractivity contribution in [2.24, 2.45) is 0 Å². The van der Waals surface area contributed by atoms with Gasteiger partial charge in [0.2, 0.25) is 0 Å². The van der Waals surface area contributed by atoms with Crippen LogP contribution in [-0.2, 0) is 5.41 Å². The van der Waals surface area contributed by atoms with Crippen LogP contribution in [-0.4, -0.2) is 0 Å². The van der Waals surface area contributed by atoms with E-state index in [0.29, 0.717) is 0 Å². The number of hydrogen-bond acceptors (Lipinski definition) is 1. The lowest BCUT2D eigenvalue weighted by Crippen LogP contribution is -2.26. The first kappa shape index (κ1) is 23.9. The smallest absolute Gasteiger partial charge is 0.0726 e. The number of anilines is 3. The Morgan fingerprint density at radius 1 is 0.318 bits per heavy atom. The van der Waals surface area contributed by atoms with Gasteiger partial charge in [0.05, 0.1) is 16.8 Å². The van der Waals surface area contributed by atoms with Crippen molar-refractivity contribution in [3.63, 3.8) is 0 Å². The van der Waals surface area contributed by atoms with E-state index in [9.17, 15) is 0 Å². The maximum atomic E-state index is 2.48. The molecule has 10 rings (SSSR count). The van der Waals surface area contributed by atoms with Gasteiger partial charge in [0.15, 0.2) is 0 Å². The molecule has 0 saturated heterocycles. The number of para-hydroxylation sites is 1. The Balaban J connectivity index is 1.31. The summed E-state index contributed by atoms with van der Waals surface area (Å²) in [6.07, 6.45) is 0. The van der Waals surface area contributed by atoms with Crippen LogP contribution in [0.4, 0.5) is 17.1 Å². The zero-order valence-electron chi connectivity index (χ0n) is 24.0. The van der Waals surface area contributed by atoms with E-state index in [0.717, 1.165) is 5.69 Å². The zero-order valence-corrected chi connectivity index (χ0v) is 24.0. The normalized spacial score (nSPS) is 14.0. The monoisotopic (exact) mass is 557 g/mol. The van der Waals surface area contributed by atoms with Crippen molar-refractivity contribution in [3.8, 4) is 44.5 Å². The van der Waals surface area contributed by atoms with Gasteiger partial charge in [-0.3, -0.25) is 0 Å². The van der Waals surface area contributed by atoms with E-state index >= 15 is 0 Å². The Kier molecular flexibility index (Phi) is 4.71. The Hall–Kier alpha value is -5.66. The second kappa shape index (κ2) is 8.69. The topological polar surface area (TPSA) is 3.24 Å². The second-order valence-corrected chi connectivity index (χ2v) is 12.0. The van der Waals surface area contributed by atoms with Crippen molar-refractivity contribution in [1.82, 2.24) is 0 Å². The summed E-state index contributed by atoms with van der Waals surface area (Å²) >= 11 is 0. The highest BCUT2D eigenvalue weighted by Crippen LogP contribution is 2.67. The number of nitrogens with zero attached hydrogens (tertiary/aromatic N) is 1. The van der Waals surface area contributed by atoms with Crippen LogP contribution in [0.25, 0.3) is 44.5 Å². The number of hydrogen-bond donors (Lipinski definition) is 0.